The average Bonchev–Trinajstić information content (AvgIpc) is 3.50. The van der Waals surface area contributed by atoms with Gasteiger partial charge in [0.15, 0.2) is 0 Å². The molecule has 1 fully saturated rings. The lowest BCUT2D eigenvalue weighted by molar-refractivity contribution is -0.142. The molecule has 1 aliphatic heterocycles. The Morgan fingerprint density at radius 1 is 0.950 bits per heavy atom. The number of hydrogen-bond donors (Lipinski definition) is 2. The van der Waals surface area contributed by atoms with E-state index in [1.54, 1.807) is 4.90 Å². The monoisotopic (exact) mass is 541 g/mol. The fourth-order valence-corrected chi connectivity index (χ4v) is 5.93. The van der Waals surface area contributed by atoms with Gasteiger partial charge in [0.2, 0.25) is 5.91 Å². The van der Waals surface area contributed by atoms with Crippen LogP contribution in [0.15, 0.2) is 78.9 Å². The first-order chi connectivity index (χ1) is 19.3. The highest BCUT2D eigenvalue weighted by atomic mass is 16.5. The number of nitrogens with one attached hydrogen (secondary N) is 1. The molecule has 0 spiro atoms. The number of hydrogen-bond acceptors (Lipinski definition) is 5. The molecular formula is C32H35N3O5. The van der Waals surface area contributed by atoms with Crippen LogP contribution in [-0.4, -0.2) is 72.2 Å². The number of benzene rings is 3. The van der Waals surface area contributed by atoms with Crippen molar-refractivity contribution in [2.75, 3.05) is 33.3 Å². The van der Waals surface area contributed by atoms with Crippen LogP contribution in [0.4, 0.5) is 4.79 Å². The molecular weight excluding hydrogens is 506 g/mol. The molecule has 40 heavy (non-hydrogen) atoms. The number of carbonyl (C=O) groups excluding carboxylic acids is 2. The molecule has 2 N–H and O–H groups in total. The van der Waals surface area contributed by atoms with Crippen LogP contribution in [0, 0.1) is 11.8 Å². The third-order valence-corrected chi connectivity index (χ3v) is 7.96. The van der Waals surface area contributed by atoms with Gasteiger partial charge in [-0.15, -0.1) is 0 Å². The number of nitrogens with zero attached hydrogens (tertiary/aromatic N) is 2. The van der Waals surface area contributed by atoms with E-state index in [-0.39, 0.29) is 37.4 Å². The normalized spacial score (nSPS) is 18.7. The van der Waals surface area contributed by atoms with Crippen molar-refractivity contribution in [3.63, 3.8) is 0 Å². The number of alkyl carbamates (subject to hydrolysis) is 1. The maximum absolute atomic E-state index is 13.6. The Kier molecular flexibility index (Phi) is 8.16. The van der Waals surface area contributed by atoms with E-state index in [0.717, 1.165) is 27.8 Å². The zero-order valence-electron chi connectivity index (χ0n) is 22.8. The second kappa shape index (κ2) is 11.9. The minimum atomic E-state index is -0.912. The van der Waals surface area contributed by atoms with Crippen molar-refractivity contribution in [3.8, 4) is 11.1 Å². The van der Waals surface area contributed by atoms with Gasteiger partial charge in [0.1, 0.15) is 12.6 Å². The average molecular weight is 542 g/mol. The van der Waals surface area contributed by atoms with Gasteiger partial charge in [0.05, 0.1) is 5.92 Å². The molecule has 3 unspecified atom stereocenters. The van der Waals surface area contributed by atoms with Gasteiger partial charge in [0.25, 0.3) is 0 Å². The van der Waals surface area contributed by atoms with Crippen LogP contribution in [0.5, 0.6) is 0 Å². The highest BCUT2D eigenvalue weighted by Gasteiger charge is 2.40. The third kappa shape index (κ3) is 5.87. The van der Waals surface area contributed by atoms with Crippen LogP contribution in [0.1, 0.15) is 29.5 Å². The molecule has 0 radical (unpaired) electrons. The number of likely N-dealkylation sites (N-methyl/N-ethyl adjacent to an activating group) is 1. The van der Waals surface area contributed by atoms with Crippen molar-refractivity contribution >= 4 is 18.0 Å². The first-order valence-corrected chi connectivity index (χ1v) is 13.7. The number of likely N-dealkylation sites (tertiary alicyclic amines) is 1. The van der Waals surface area contributed by atoms with Crippen molar-refractivity contribution in [2.45, 2.75) is 25.4 Å². The molecule has 1 heterocycles. The van der Waals surface area contributed by atoms with Gasteiger partial charge >= 0.3 is 12.1 Å². The molecule has 2 amide bonds. The highest BCUT2D eigenvalue weighted by molar-refractivity contribution is 5.87. The van der Waals surface area contributed by atoms with Gasteiger partial charge in [-0.05, 0) is 40.8 Å². The maximum atomic E-state index is 13.6. The number of carboxylic acid groups (broad SMARTS) is 1. The first kappa shape index (κ1) is 27.4. The number of ether oxygens (including phenoxy) is 1. The maximum Gasteiger partial charge on any atom is 0.407 e. The predicted octanol–water partition coefficient (Wildman–Crippen LogP) is 4.20. The lowest BCUT2D eigenvalue weighted by atomic mass is 9.98. The molecule has 1 saturated heterocycles. The largest absolute Gasteiger partial charge is 0.481 e. The highest BCUT2D eigenvalue weighted by Crippen LogP contribution is 2.44. The van der Waals surface area contributed by atoms with E-state index < -0.39 is 24.0 Å². The van der Waals surface area contributed by atoms with Crippen LogP contribution in [0.3, 0.4) is 0 Å². The zero-order valence-corrected chi connectivity index (χ0v) is 22.8. The van der Waals surface area contributed by atoms with Crippen LogP contribution >= 0.6 is 0 Å². The van der Waals surface area contributed by atoms with E-state index in [4.69, 9.17) is 4.74 Å². The molecule has 0 bridgehead atoms. The van der Waals surface area contributed by atoms with E-state index in [1.807, 2.05) is 73.5 Å². The summed E-state index contributed by atoms with van der Waals surface area (Å²) >= 11 is 0. The summed E-state index contributed by atoms with van der Waals surface area (Å²) in [5.74, 6) is -2.10. The molecule has 8 nitrogen and oxygen atoms in total. The second-order valence-electron chi connectivity index (χ2n) is 10.9. The summed E-state index contributed by atoms with van der Waals surface area (Å²) in [6.45, 7) is 3.28. The van der Waals surface area contributed by atoms with Gasteiger partial charge in [-0.3, -0.25) is 14.5 Å². The topological polar surface area (TPSA) is 99.2 Å². The fourth-order valence-electron chi connectivity index (χ4n) is 5.93. The van der Waals surface area contributed by atoms with Crippen LogP contribution in [-0.2, 0) is 20.9 Å². The molecule has 5 rings (SSSR count). The van der Waals surface area contributed by atoms with Crippen LogP contribution < -0.4 is 5.32 Å². The molecule has 3 atom stereocenters. The summed E-state index contributed by atoms with van der Waals surface area (Å²) in [4.78, 5) is 41.9. The number of carbonyl (C=O) groups is 3. The Hall–Kier alpha value is -4.17. The molecule has 3 aromatic carbocycles. The van der Waals surface area contributed by atoms with Crippen molar-refractivity contribution in [1.29, 1.82) is 0 Å². The van der Waals surface area contributed by atoms with Crippen LogP contribution in [0.2, 0.25) is 0 Å². The SMILES string of the molecule is CC1CN(C(=O)C(CN(C)Cc2ccccc2)NC(=O)OCC2c3ccccc3-c3ccccc32)CC1C(=O)O. The van der Waals surface area contributed by atoms with E-state index in [0.29, 0.717) is 13.1 Å². The predicted molar refractivity (Wildman–Crippen MR) is 152 cm³/mol. The lowest BCUT2D eigenvalue weighted by Crippen LogP contribution is -2.53. The standard InChI is InChI=1S/C32H35N3O5/c1-21-16-35(18-27(21)31(37)38)30(36)29(19-34(2)17-22-10-4-3-5-11-22)33-32(39)40-20-28-25-14-8-6-12-23(25)24-13-7-9-15-26(24)28/h3-15,21,27-29H,16-20H2,1-2H3,(H,33,39)(H,37,38). The van der Waals surface area contributed by atoms with E-state index >= 15 is 0 Å². The van der Waals surface area contributed by atoms with Gasteiger partial charge in [-0.1, -0.05) is 85.8 Å². The summed E-state index contributed by atoms with van der Waals surface area (Å²) in [6, 6.07) is 25.2. The Morgan fingerprint density at radius 3 is 2.15 bits per heavy atom. The van der Waals surface area contributed by atoms with Crippen molar-refractivity contribution in [1.82, 2.24) is 15.1 Å². The zero-order chi connectivity index (χ0) is 28.2. The number of fused-ring (bicyclic) bond motifs is 3. The number of amides is 2. The van der Waals surface area contributed by atoms with E-state index in [1.165, 1.54) is 0 Å². The minimum absolute atomic E-state index is 0.0937. The molecule has 3 aromatic rings. The van der Waals surface area contributed by atoms with Gasteiger partial charge in [0, 0.05) is 32.1 Å². The van der Waals surface area contributed by atoms with E-state index in [9.17, 15) is 19.5 Å². The quantitative estimate of drug-likeness (QED) is 0.421. The number of carboxylic acids is 1. The summed E-state index contributed by atoms with van der Waals surface area (Å²) in [7, 11) is 1.89. The third-order valence-electron chi connectivity index (χ3n) is 7.96. The Morgan fingerprint density at radius 2 is 1.55 bits per heavy atom. The minimum Gasteiger partial charge on any atom is -0.481 e. The van der Waals surface area contributed by atoms with Crippen molar-refractivity contribution in [3.05, 3.63) is 95.6 Å². The first-order valence-electron chi connectivity index (χ1n) is 13.7. The van der Waals surface area contributed by atoms with Gasteiger partial charge < -0.3 is 20.1 Å². The Labute approximate surface area is 234 Å². The van der Waals surface area contributed by atoms with E-state index in [2.05, 4.69) is 29.6 Å². The molecule has 1 aliphatic carbocycles. The van der Waals surface area contributed by atoms with Crippen LogP contribution in [0.25, 0.3) is 11.1 Å². The second-order valence-corrected chi connectivity index (χ2v) is 10.9. The summed E-state index contributed by atoms with van der Waals surface area (Å²) in [5, 5.41) is 12.4. The Bertz CT molecular complexity index is 1330. The lowest BCUT2D eigenvalue weighted by Gasteiger charge is -2.28. The van der Waals surface area contributed by atoms with Crippen molar-refractivity contribution < 1.29 is 24.2 Å². The number of aliphatic carboxylic acids is 1. The number of rotatable bonds is 9. The Balaban J connectivity index is 1.28. The summed E-state index contributed by atoms with van der Waals surface area (Å²) < 4.78 is 5.73. The molecule has 2 aliphatic rings. The van der Waals surface area contributed by atoms with Gasteiger partial charge in [-0.25, -0.2) is 4.79 Å². The van der Waals surface area contributed by atoms with Gasteiger partial charge in [-0.2, -0.15) is 0 Å². The summed E-state index contributed by atoms with van der Waals surface area (Å²) in [6.07, 6.45) is -0.671. The molecule has 0 saturated carbocycles. The molecule has 208 valence electrons. The molecule has 0 aromatic heterocycles. The fraction of sp³-hybridized carbons (Fsp3) is 0.344. The molecule has 8 heteroatoms. The smallest absolute Gasteiger partial charge is 0.407 e. The summed E-state index contributed by atoms with van der Waals surface area (Å²) in [5.41, 5.74) is 5.57. The van der Waals surface area contributed by atoms with Crippen molar-refractivity contribution in [2.24, 2.45) is 11.8 Å².